The van der Waals surface area contributed by atoms with Crippen LogP contribution in [0.25, 0.3) is 0 Å². The molecule has 1 atom stereocenters. The molecule has 1 aliphatic rings. The minimum Gasteiger partial charge on any atom is -0.468 e. The first-order valence-electron chi connectivity index (χ1n) is 11.1. The van der Waals surface area contributed by atoms with Crippen molar-refractivity contribution < 1.29 is 4.42 Å². The number of aromatic nitrogens is 2. The molecule has 7 nitrogen and oxygen atoms in total. The second kappa shape index (κ2) is 10.8. The molecule has 31 heavy (non-hydrogen) atoms. The SMILES string of the molecule is CN=C(NCc1cccc(Cn2cccn2)c1)NCC(c1ccco1)N1CCCCC1. The van der Waals surface area contributed by atoms with Gasteiger partial charge in [0.15, 0.2) is 5.96 Å². The van der Waals surface area contributed by atoms with E-state index in [0.717, 1.165) is 37.9 Å². The first-order chi connectivity index (χ1) is 15.3. The number of nitrogens with zero attached hydrogens (tertiary/aromatic N) is 4. The van der Waals surface area contributed by atoms with Crippen LogP contribution in [-0.4, -0.2) is 47.3 Å². The molecule has 1 saturated heterocycles. The fraction of sp³-hybridized carbons (Fsp3) is 0.417. The van der Waals surface area contributed by atoms with Crippen molar-refractivity contribution >= 4 is 5.96 Å². The third-order valence-electron chi connectivity index (χ3n) is 5.74. The fourth-order valence-electron chi connectivity index (χ4n) is 4.14. The third kappa shape index (κ3) is 5.98. The number of furan rings is 1. The maximum atomic E-state index is 5.75. The number of likely N-dealkylation sites (tertiary alicyclic amines) is 1. The van der Waals surface area contributed by atoms with E-state index < -0.39 is 0 Å². The molecule has 4 rings (SSSR count). The zero-order chi connectivity index (χ0) is 21.3. The van der Waals surface area contributed by atoms with Gasteiger partial charge in [0.2, 0.25) is 0 Å². The second-order valence-corrected chi connectivity index (χ2v) is 7.96. The highest BCUT2D eigenvalue weighted by atomic mass is 16.3. The average Bonchev–Trinajstić information content (AvgIpc) is 3.52. The van der Waals surface area contributed by atoms with E-state index in [4.69, 9.17) is 4.42 Å². The summed E-state index contributed by atoms with van der Waals surface area (Å²) in [5, 5.41) is 11.2. The van der Waals surface area contributed by atoms with Crippen LogP contribution in [0.4, 0.5) is 0 Å². The van der Waals surface area contributed by atoms with Crippen molar-refractivity contribution in [3.05, 3.63) is 78.0 Å². The minimum absolute atomic E-state index is 0.214. The number of piperidine rings is 1. The van der Waals surface area contributed by atoms with Crippen molar-refractivity contribution in [1.82, 2.24) is 25.3 Å². The summed E-state index contributed by atoms with van der Waals surface area (Å²) in [5.41, 5.74) is 2.44. The van der Waals surface area contributed by atoms with Gasteiger partial charge in [0, 0.05) is 32.5 Å². The molecule has 0 amide bonds. The van der Waals surface area contributed by atoms with E-state index in [2.05, 4.69) is 56.0 Å². The Labute approximate surface area is 184 Å². The Morgan fingerprint density at radius 2 is 1.97 bits per heavy atom. The molecule has 0 saturated carbocycles. The predicted octanol–water partition coefficient (Wildman–Crippen LogP) is 3.42. The van der Waals surface area contributed by atoms with E-state index in [1.165, 1.54) is 30.4 Å². The van der Waals surface area contributed by atoms with Crippen LogP contribution < -0.4 is 10.6 Å². The number of nitrogens with one attached hydrogen (secondary N) is 2. The Kier molecular flexibility index (Phi) is 7.39. The van der Waals surface area contributed by atoms with Crippen LogP contribution in [0.1, 0.15) is 42.2 Å². The Morgan fingerprint density at radius 3 is 2.71 bits per heavy atom. The molecule has 0 radical (unpaired) electrons. The topological polar surface area (TPSA) is 70.6 Å². The predicted molar refractivity (Wildman–Crippen MR) is 123 cm³/mol. The highest BCUT2D eigenvalue weighted by Crippen LogP contribution is 2.24. The van der Waals surface area contributed by atoms with Crippen LogP contribution in [0.2, 0.25) is 0 Å². The molecule has 164 valence electrons. The van der Waals surface area contributed by atoms with Gasteiger partial charge in [-0.3, -0.25) is 14.6 Å². The zero-order valence-corrected chi connectivity index (χ0v) is 18.2. The standard InChI is InChI=1S/C24H32N6O/c1-25-24(26-17-20-8-5-9-21(16-20)19-30-14-7-11-28-30)27-18-22(23-10-6-15-31-23)29-12-3-2-4-13-29/h5-11,14-16,22H,2-4,12-13,17-19H2,1H3,(H2,25,26,27). The number of hydrogen-bond acceptors (Lipinski definition) is 4. The van der Waals surface area contributed by atoms with E-state index in [1.807, 2.05) is 30.1 Å². The summed E-state index contributed by atoms with van der Waals surface area (Å²) in [5.74, 6) is 1.81. The molecule has 1 fully saturated rings. The highest BCUT2D eigenvalue weighted by Gasteiger charge is 2.24. The molecule has 7 heteroatoms. The van der Waals surface area contributed by atoms with Gasteiger partial charge in [-0.1, -0.05) is 30.7 Å². The lowest BCUT2D eigenvalue weighted by Crippen LogP contribution is -2.44. The summed E-state index contributed by atoms with van der Waals surface area (Å²) in [6.07, 6.45) is 9.36. The van der Waals surface area contributed by atoms with Crippen molar-refractivity contribution in [2.75, 3.05) is 26.7 Å². The van der Waals surface area contributed by atoms with Crippen LogP contribution in [0, 0.1) is 0 Å². The van der Waals surface area contributed by atoms with Crippen molar-refractivity contribution in [1.29, 1.82) is 0 Å². The lowest BCUT2D eigenvalue weighted by Gasteiger charge is -2.33. The molecule has 1 aromatic carbocycles. The average molecular weight is 421 g/mol. The van der Waals surface area contributed by atoms with Crippen LogP contribution in [0.3, 0.4) is 0 Å². The molecule has 1 aliphatic heterocycles. The van der Waals surface area contributed by atoms with Gasteiger partial charge < -0.3 is 15.1 Å². The normalized spacial score (nSPS) is 16.2. The van der Waals surface area contributed by atoms with Crippen molar-refractivity contribution in [3.63, 3.8) is 0 Å². The molecule has 2 N–H and O–H groups in total. The van der Waals surface area contributed by atoms with E-state index in [-0.39, 0.29) is 6.04 Å². The van der Waals surface area contributed by atoms with Gasteiger partial charge in [-0.25, -0.2) is 0 Å². The zero-order valence-electron chi connectivity index (χ0n) is 18.2. The summed E-state index contributed by atoms with van der Waals surface area (Å²) >= 11 is 0. The molecule has 3 aromatic rings. The Morgan fingerprint density at radius 1 is 1.10 bits per heavy atom. The fourth-order valence-corrected chi connectivity index (χ4v) is 4.14. The van der Waals surface area contributed by atoms with Gasteiger partial charge in [-0.15, -0.1) is 0 Å². The summed E-state index contributed by atoms with van der Waals surface area (Å²) in [4.78, 5) is 6.93. The van der Waals surface area contributed by atoms with Crippen LogP contribution in [-0.2, 0) is 13.1 Å². The smallest absolute Gasteiger partial charge is 0.191 e. The van der Waals surface area contributed by atoms with Crippen LogP contribution in [0.15, 0.2) is 70.5 Å². The maximum Gasteiger partial charge on any atom is 0.191 e. The molecule has 0 bridgehead atoms. The van der Waals surface area contributed by atoms with Gasteiger partial charge in [0.05, 0.1) is 18.8 Å². The van der Waals surface area contributed by atoms with Gasteiger partial charge in [0.1, 0.15) is 5.76 Å². The largest absolute Gasteiger partial charge is 0.468 e. The summed E-state index contributed by atoms with van der Waals surface area (Å²) in [7, 11) is 1.81. The van der Waals surface area contributed by atoms with Gasteiger partial charge >= 0.3 is 0 Å². The van der Waals surface area contributed by atoms with Gasteiger partial charge in [-0.2, -0.15) is 5.10 Å². The molecule has 0 spiro atoms. The van der Waals surface area contributed by atoms with E-state index in [9.17, 15) is 0 Å². The Balaban J connectivity index is 1.33. The molecular weight excluding hydrogens is 388 g/mol. The lowest BCUT2D eigenvalue weighted by atomic mass is 10.1. The molecule has 3 heterocycles. The van der Waals surface area contributed by atoms with E-state index in [1.54, 1.807) is 12.5 Å². The molecule has 2 aromatic heterocycles. The van der Waals surface area contributed by atoms with Crippen molar-refractivity contribution in [2.24, 2.45) is 4.99 Å². The van der Waals surface area contributed by atoms with Crippen LogP contribution in [0.5, 0.6) is 0 Å². The quantitative estimate of drug-likeness (QED) is 0.432. The number of hydrogen-bond donors (Lipinski definition) is 2. The summed E-state index contributed by atoms with van der Waals surface area (Å²) in [6, 6.07) is 14.8. The number of benzene rings is 1. The summed E-state index contributed by atoms with van der Waals surface area (Å²) < 4.78 is 7.68. The monoisotopic (exact) mass is 420 g/mol. The Bertz CT molecular complexity index is 929. The highest BCUT2D eigenvalue weighted by molar-refractivity contribution is 5.79. The first kappa shape index (κ1) is 21.2. The molecular formula is C24H32N6O. The number of aliphatic imine (C=N–C) groups is 1. The molecule has 1 unspecified atom stereocenters. The summed E-state index contributed by atoms with van der Waals surface area (Å²) in [6.45, 7) is 4.47. The van der Waals surface area contributed by atoms with Gasteiger partial charge in [-0.05, 0) is 55.3 Å². The lowest BCUT2D eigenvalue weighted by molar-refractivity contribution is 0.146. The van der Waals surface area contributed by atoms with E-state index in [0.29, 0.717) is 6.54 Å². The van der Waals surface area contributed by atoms with Gasteiger partial charge in [0.25, 0.3) is 0 Å². The van der Waals surface area contributed by atoms with E-state index >= 15 is 0 Å². The second-order valence-electron chi connectivity index (χ2n) is 7.96. The van der Waals surface area contributed by atoms with Crippen LogP contribution >= 0.6 is 0 Å². The third-order valence-corrected chi connectivity index (χ3v) is 5.74. The van der Waals surface area contributed by atoms with Crippen molar-refractivity contribution in [3.8, 4) is 0 Å². The van der Waals surface area contributed by atoms with Crippen molar-refractivity contribution in [2.45, 2.75) is 38.4 Å². The molecule has 0 aliphatic carbocycles. The maximum absolute atomic E-state index is 5.75. The Hall–Kier alpha value is -3.06. The number of rotatable bonds is 8. The number of guanidine groups is 1. The minimum atomic E-state index is 0.214. The first-order valence-corrected chi connectivity index (χ1v) is 11.1.